The van der Waals surface area contributed by atoms with Crippen molar-refractivity contribution in [3.8, 4) is 0 Å². The topological polar surface area (TPSA) is 68.1 Å². The summed E-state index contributed by atoms with van der Waals surface area (Å²) in [6.45, 7) is 4.05. The van der Waals surface area contributed by atoms with Gasteiger partial charge in [0.1, 0.15) is 6.33 Å². The van der Waals surface area contributed by atoms with E-state index in [0.717, 1.165) is 0 Å². The van der Waals surface area contributed by atoms with Gasteiger partial charge in [0.2, 0.25) is 0 Å². The third kappa shape index (κ3) is 2.33. The van der Waals surface area contributed by atoms with Crippen LogP contribution >= 0.6 is 11.8 Å². The Morgan fingerprint density at radius 3 is 2.33 bits per heavy atom. The van der Waals surface area contributed by atoms with Gasteiger partial charge in [-0.3, -0.25) is 14.5 Å². The SMILES string of the molecule is CC(C)n1cnnc1SCN1C(=O)c2ccccc2C1=O. The molecule has 0 N–H and O–H groups in total. The summed E-state index contributed by atoms with van der Waals surface area (Å²) in [6.07, 6.45) is 1.65. The Hall–Kier alpha value is -2.15. The maximum absolute atomic E-state index is 12.2. The molecule has 108 valence electrons. The lowest BCUT2D eigenvalue weighted by molar-refractivity contribution is 0.0684. The minimum atomic E-state index is -0.251. The molecule has 0 atom stereocenters. The molecule has 0 unspecified atom stereocenters. The fourth-order valence-electron chi connectivity index (χ4n) is 2.17. The van der Waals surface area contributed by atoms with Gasteiger partial charge in [0.05, 0.1) is 17.0 Å². The van der Waals surface area contributed by atoms with Gasteiger partial charge in [-0.05, 0) is 26.0 Å². The third-order valence-electron chi connectivity index (χ3n) is 3.30. The highest BCUT2D eigenvalue weighted by molar-refractivity contribution is 7.99. The second-order valence-electron chi connectivity index (χ2n) is 4.97. The average molecular weight is 302 g/mol. The van der Waals surface area contributed by atoms with Crippen LogP contribution in [-0.4, -0.2) is 37.4 Å². The number of thioether (sulfide) groups is 1. The first-order chi connectivity index (χ1) is 10.1. The molecule has 3 rings (SSSR count). The van der Waals surface area contributed by atoms with Crippen LogP contribution in [0.3, 0.4) is 0 Å². The van der Waals surface area contributed by atoms with Crippen LogP contribution in [0.15, 0.2) is 35.7 Å². The molecule has 1 aliphatic heterocycles. The fraction of sp³-hybridized carbons (Fsp3) is 0.286. The van der Waals surface area contributed by atoms with Crippen molar-refractivity contribution >= 4 is 23.6 Å². The van der Waals surface area contributed by atoms with E-state index >= 15 is 0 Å². The smallest absolute Gasteiger partial charge is 0.262 e. The van der Waals surface area contributed by atoms with Crippen molar-refractivity contribution in [3.05, 3.63) is 41.7 Å². The number of carbonyl (C=O) groups excluding carboxylic acids is 2. The first-order valence-corrected chi connectivity index (χ1v) is 7.55. The molecular formula is C14H14N4O2S. The number of hydrogen-bond acceptors (Lipinski definition) is 5. The molecule has 2 amide bonds. The first-order valence-electron chi connectivity index (χ1n) is 6.57. The van der Waals surface area contributed by atoms with Gasteiger partial charge >= 0.3 is 0 Å². The zero-order valence-electron chi connectivity index (χ0n) is 11.7. The second-order valence-corrected chi connectivity index (χ2v) is 5.88. The van der Waals surface area contributed by atoms with Crippen LogP contribution in [0.25, 0.3) is 0 Å². The van der Waals surface area contributed by atoms with E-state index in [1.165, 1.54) is 16.7 Å². The Morgan fingerprint density at radius 1 is 1.14 bits per heavy atom. The maximum atomic E-state index is 12.2. The predicted molar refractivity (Wildman–Crippen MR) is 78.1 cm³/mol. The number of carbonyl (C=O) groups is 2. The van der Waals surface area contributed by atoms with Crippen molar-refractivity contribution in [2.45, 2.75) is 25.0 Å². The summed E-state index contributed by atoms with van der Waals surface area (Å²) in [7, 11) is 0. The molecular weight excluding hydrogens is 288 g/mol. The molecule has 0 bridgehead atoms. The number of amides is 2. The normalized spacial score (nSPS) is 14.1. The molecule has 0 radical (unpaired) electrons. The van der Waals surface area contributed by atoms with Crippen molar-refractivity contribution < 1.29 is 9.59 Å². The monoisotopic (exact) mass is 302 g/mol. The Bertz CT molecular complexity index is 676. The second kappa shape index (κ2) is 5.33. The van der Waals surface area contributed by atoms with Crippen LogP contribution in [0.1, 0.15) is 40.6 Å². The zero-order valence-corrected chi connectivity index (χ0v) is 12.5. The van der Waals surface area contributed by atoms with E-state index in [0.29, 0.717) is 16.3 Å². The van der Waals surface area contributed by atoms with Gasteiger partial charge in [0.15, 0.2) is 5.16 Å². The molecule has 2 heterocycles. The van der Waals surface area contributed by atoms with E-state index in [2.05, 4.69) is 10.2 Å². The lowest BCUT2D eigenvalue weighted by Gasteiger charge is -2.14. The lowest BCUT2D eigenvalue weighted by atomic mass is 10.1. The first kappa shape index (κ1) is 13.8. The van der Waals surface area contributed by atoms with Crippen molar-refractivity contribution in [1.82, 2.24) is 19.7 Å². The van der Waals surface area contributed by atoms with Gasteiger partial charge in [0, 0.05) is 6.04 Å². The molecule has 1 aromatic heterocycles. The minimum absolute atomic E-state index is 0.227. The molecule has 6 nitrogen and oxygen atoms in total. The van der Waals surface area contributed by atoms with Crippen LogP contribution in [0, 0.1) is 0 Å². The van der Waals surface area contributed by atoms with E-state index in [1.54, 1.807) is 30.6 Å². The number of imide groups is 1. The van der Waals surface area contributed by atoms with Crippen LogP contribution in [-0.2, 0) is 0 Å². The Morgan fingerprint density at radius 2 is 1.76 bits per heavy atom. The third-order valence-corrected chi connectivity index (χ3v) is 4.24. The van der Waals surface area contributed by atoms with Crippen molar-refractivity contribution in [2.75, 3.05) is 5.88 Å². The lowest BCUT2D eigenvalue weighted by Crippen LogP contribution is -2.29. The molecule has 0 saturated carbocycles. The van der Waals surface area contributed by atoms with Gasteiger partial charge in [-0.1, -0.05) is 23.9 Å². The van der Waals surface area contributed by atoms with Crippen LogP contribution in [0.4, 0.5) is 0 Å². The summed E-state index contributed by atoms with van der Waals surface area (Å²) >= 11 is 1.33. The molecule has 7 heteroatoms. The Kier molecular flexibility index (Phi) is 3.50. The highest BCUT2D eigenvalue weighted by atomic mass is 32.2. The standard InChI is InChI=1S/C14H14N4O2S/c1-9(2)17-7-15-16-14(17)21-8-18-12(19)10-5-3-4-6-11(10)13(18)20/h3-7,9H,8H2,1-2H3. The number of benzene rings is 1. The summed E-state index contributed by atoms with van der Waals surface area (Å²) in [5, 5.41) is 8.59. The van der Waals surface area contributed by atoms with E-state index in [1.807, 2.05) is 18.4 Å². The molecule has 0 aliphatic carbocycles. The fourth-order valence-corrected chi connectivity index (χ4v) is 3.16. The molecule has 21 heavy (non-hydrogen) atoms. The van der Waals surface area contributed by atoms with E-state index in [4.69, 9.17) is 0 Å². The number of fused-ring (bicyclic) bond motifs is 1. The highest BCUT2D eigenvalue weighted by Crippen LogP contribution is 2.27. The molecule has 1 aromatic carbocycles. The van der Waals surface area contributed by atoms with Gasteiger partial charge in [-0.15, -0.1) is 10.2 Å². The summed E-state index contributed by atoms with van der Waals surface area (Å²) < 4.78 is 1.91. The molecule has 0 fully saturated rings. The zero-order chi connectivity index (χ0) is 15.0. The number of aromatic nitrogens is 3. The summed E-state index contributed by atoms with van der Waals surface area (Å²) in [4.78, 5) is 25.7. The van der Waals surface area contributed by atoms with E-state index in [9.17, 15) is 9.59 Å². The molecule has 2 aromatic rings. The largest absolute Gasteiger partial charge is 0.306 e. The number of rotatable bonds is 4. The van der Waals surface area contributed by atoms with Crippen molar-refractivity contribution in [3.63, 3.8) is 0 Å². The Balaban J connectivity index is 1.77. The highest BCUT2D eigenvalue weighted by Gasteiger charge is 2.35. The summed E-state index contributed by atoms with van der Waals surface area (Å²) in [5.74, 6) is -0.268. The van der Waals surface area contributed by atoms with E-state index < -0.39 is 0 Å². The summed E-state index contributed by atoms with van der Waals surface area (Å²) in [5.41, 5.74) is 0.932. The van der Waals surface area contributed by atoms with Gasteiger partial charge in [-0.2, -0.15) is 0 Å². The van der Waals surface area contributed by atoms with Crippen LogP contribution in [0.2, 0.25) is 0 Å². The number of hydrogen-bond donors (Lipinski definition) is 0. The van der Waals surface area contributed by atoms with Gasteiger partial charge in [0.25, 0.3) is 11.8 Å². The summed E-state index contributed by atoms with van der Waals surface area (Å²) in [6, 6.07) is 7.10. The van der Waals surface area contributed by atoms with Crippen molar-refractivity contribution in [1.29, 1.82) is 0 Å². The maximum Gasteiger partial charge on any atom is 0.262 e. The van der Waals surface area contributed by atoms with Gasteiger partial charge < -0.3 is 4.57 Å². The minimum Gasteiger partial charge on any atom is -0.306 e. The molecule has 1 aliphatic rings. The quantitative estimate of drug-likeness (QED) is 0.640. The van der Waals surface area contributed by atoms with Crippen LogP contribution < -0.4 is 0 Å². The molecule has 0 spiro atoms. The Labute approximate surface area is 126 Å². The van der Waals surface area contributed by atoms with Crippen LogP contribution in [0.5, 0.6) is 0 Å². The van der Waals surface area contributed by atoms with Gasteiger partial charge in [-0.25, -0.2) is 0 Å². The predicted octanol–water partition coefficient (Wildman–Crippen LogP) is 2.20. The van der Waals surface area contributed by atoms with E-state index in [-0.39, 0.29) is 23.7 Å². The van der Waals surface area contributed by atoms with Crippen molar-refractivity contribution in [2.24, 2.45) is 0 Å². The average Bonchev–Trinajstić information content (AvgIpc) is 3.03. The molecule has 0 saturated heterocycles. The number of nitrogens with zero attached hydrogens (tertiary/aromatic N) is 4.